The maximum Gasteiger partial charge on any atom is 0.277 e. The first-order valence-corrected chi connectivity index (χ1v) is 13.0. The van der Waals surface area contributed by atoms with Gasteiger partial charge in [-0.05, 0) is 30.0 Å². The third-order valence-corrected chi connectivity index (χ3v) is 6.71. The summed E-state index contributed by atoms with van der Waals surface area (Å²) in [5.74, 6) is -1.90. The molecule has 2 heterocycles. The lowest BCUT2D eigenvalue weighted by Gasteiger charge is -2.47. The number of carbonyl (C=O) groups excluding carboxylic acids is 3. The lowest BCUT2D eigenvalue weighted by Crippen LogP contribution is -2.64. The Kier molecular flexibility index (Phi) is 8.72. The van der Waals surface area contributed by atoms with E-state index in [0.717, 1.165) is 10.6 Å². The number of hydrogen-bond acceptors (Lipinski definition) is 6. The van der Waals surface area contributed by atoms with E-state index in [2.05, 4.69) is 4.98 Å². The molecule has 3 atom stereocenters. The third-order valence-electron chi connectivity index (χ3n) is 6.71. The van der Waals surface area contributed by atoms with Gasteiger partial charge in [0.05, 0.1) is 17.8 Å². The summed E-state index contributed by atoms with van der Waals surface area (Å²) in [6.07, 6.45) is 1.57. The quantitative estimate of drug-likeness (QED) is 0.439. The van der Waals surface area contributed by atoms with Crippen molar-refractivity contribution in [3.8, 4) is 6.07 Å². The molecule has 0 aliphatic carbocycles. The van der Waals surface area contributed by atoms with Crippen molar-refractivity contribution >= 4 is 23.4 Å². The first-order valence-electron chi connectivity index (χ1n) is 13.0. The molecule has 9 heteroatoms. The van der Waals surface area contributed by atoms with E-state index in [1.165, 1.54) is 23.0 Å². The van der Waals surface area contributed by atoms with Crippen LogP contribution in [0.5, 0.6) is 0 Å². The van der Waals surface area contributed by atoms with E-state index >= 15 is 0 Å². The van der Waals surface area contributed by atoms with Crippen LogP contribution in [0.25, 0.3) is 5.70 Å². The molecule has 0 bridgehead atoms. The number of benzene rings is 2. The maximum atomic E-state index is 14.4. The fourth-order valence-corrected chi connectivity index (χ4v) is 4.87. The van der Waals surface area contributed by atoms with Crippen LogP contribution < -0.4 is 0 Å². The van der Waals surface area contributed by atoms with Crippen LogP contribution in [-0.4, -0.2) is 60.9 Å². The Labute approximate surface area is 233 Å². The number of carbonyl (C=O) groups is 3. The zero-order chi connectivity index (χ0) is 28.8. The average molecular weight is 538 g/mol. The van der Waals surface area contributed by atoms with Crippen LogP contribution in [0.1, 0.15) is 42.4 Å². The van der Waals surface area contributed by atoms with E-state index in [4.69, 9.17) is 0 Å². The van der Waals surface area contributed by atoms with Gasteiger partial charge in [-0.2, -0.15) is 5.26 Å². The van der Waals surface area contributed by atoms with Gasteiger partial charge in [-0.3, -0.25) is 24.3 Å². The minimum Gasteiger partial charge on any atom is -0.376 e. The van der Waals surface area contributed by atoms with E-state index in [1.54, 1.807) is 48.7 Å². The molecule has 3 amide bonds. The van der Waals surface area contributed by atoms with E-state index in [-0.39, 0.29) is 23.7 Å². The summed E-state index contributed by atoms with van der Waals surface area (Å²) in [6.45, 7) is 4.91. The van der Waals surface area contributed by atoms with Crippen LogP contribution in [0.2, 0.25) is 0 Å². The molecule has 0 fully saturated rings. The number of aromatic nitrogens is 1. The molecule has 40 heavy (non-hydrogen) atoms. The van der Waals surface area contributed by atoms with Gasteiger partial charge in [0.15, 0.2) is 6.10 Å². The molecule has 1 aliphatic heterocycles. The Morgan fingerprint density at radius 2 is 1.65 bits per heavy atom. The van der Waals surface area contributed by atoms with Gasteiger partial charge in [0, 0.05) is 24.9 Å². The molecule has 204 valence electrons. The van der Waals surface area contributed by atoms with Crippen LogP contribution >= 0.6 is 0 Å². The number of nitrogens with zero attached hydrogens (tertiary/aromatic N) is 5. The number of pyridine rings is 1. The molecule has 9 nitrogen and oxygen atoms in total. The molecule has 4 rings (SSSR count). The molecule has 2 aromatic carbocycles. The Morgan fingerprint density at radius 3 is 2.20 bits per heavy atom. The smallest absolute Gasteiger partial charge is 0.277 e. The summed E-state index contributed by atoms with van der Waals surface area (Å²) in [5.41, 5.74) is 1.76. The highest BCUT2D eigenvalue weighted by molar-refractivity contribution is 6.02. The van der Waals surface area contributed by atoms with E-state index < -0.39 is 35.9 Å². The fraction of sp³-hybridized carbons (Fsp3) is 0.258. The van der Waals surface area contributed by atoms with Gasteiger partial charge >= 0.3 is 0 Å². The summed E-state index contributed by atoms with van der Waals surface area (Å²) < 4.78 is 0. The monoisotopic (exact) mass is 537 g/mol. The Morgan fingerprint density at radius 1 is 1.02 bits per heavy atom. The van der Waals surface area contributed by atoms with E-state index in [0.29, 0.717) is 5.56 Å². The van der Waals surface area contributed by atoms with Crippen molar-refractivity contribution in [1.82, 2.24) is 19.9 Å². The van der Waals surface area contributed by atoms with Crippen LogP contribution in [0.4, 0.5) is 0 Å². The lowest BCUT2D eigenvalue weighted by molar-refractivity contribution is -0.167. The van der Waals surface area contributed by atoms with Crippen molar-refractivity contribution in [2.24, 2.45) is 5.92 Å². The molecule has 1 N–H and O–H groups in total. The second kappa shape index (κ2) is 12.4. The van der Waals surface area contributed by atoms with Crippen LogP contribution in [-0.2, 0) is 16.0 Å². The standard InChI is InChI=1S/C31H31N5O4/c1-21(2)29-31(40)36(35(22(3)37)26(28(38)19-32)18-23-12-6-4-7-13-23)27(24-14-8-5-9-15-24)20-34(29)30(39)25-16-10-11-17-33-25/h4-17,20-21,26,28-29,38H,18H2,1-3H3/t26-,28?,29?/m0/s1. The number of nitriles is 1. The average Bonchev–Trinajstić information content (AvgIpc) is 2.97. The minimum absolute atomic E-state index is 0.115. The summed E-state index contributed by atoms with van der Waals surface area (Å²) in [7, 11) is 0. The summed E-state index contributed by atoms with van der Waals surface area (Å²) in [5, 5.41) is 23.0. The maximum absolute atomic E-state index is 14.4. The molecule has 0 spiro atoms. The molecule has 0 radical (unpaired) electrons. The number of hydrogen-bond donors (Lipinski definition) is 1. The Balaban J connectivity index is 1.91. The van der Waals surface area contributed by atoms with Gasteiger partial charge < -0.3 is 5.11 Å². The highest BCUT2D eigenvalue weighted by Crippen LogP contribution is 2.34. The fourth-order valence-electron chi connectivity index (χ4n) is 4.87. The highest BCUT2D eigenvalue weighted by atomic mass is 16.3. The molecular weight excluding hydrogens is 506 g/mol. The molecule has 1 aromatic heterocycles. The number of aliphatic hydroxyl groups excluding tert-OH is 1. The third kappa shape index (κ3) is 5.77. The predicted octanol–water partition coefficient (Wildman–Crippen LogP) is 3.65. The van der Waals surface area contributed by atoms with Crippen molar-refractivity contribution in [3.63, 3.8) is 0 Å². The second-order valence-electron chi connectivity index (χ2n) is 9.84. The number of amides is 3. The summed E-state index contributed by atoms with van der Waals surface area (Å²) in [6, 6.07) is 22.8. The number of aliphatic hydroxyl groups is 1. The predicted molar refractivity (Wildman–Crippen MR) is 148 cm³/mol. The van der Waals surface area contributed by atoms with Gasteiger partial charge in [-0.25, -0.2) is 10.0 Å². The SMILES string of the molecule is CC(=O)N([C@@H](Cc1ccccc1)C(O)C#N)N1C(=O)C(C(C)C)N(C(=O)c2ccccn2)C=C1c1ccccc1. The van der Waals surface area contributed by atoms with Gasteiger partial charge in [-0.1, -0.05) is 80.6 Å². The van der Waals surface area contributed by atoms with E-state index in [1.807, 2.05) is 56.3 Å². The first kappa shape index (κ1) is 28.2. The first-order chi connectivity index (χ1) is 19.2. The zero-order valence-electron chi connectivity index (χ0n) is 22.6. The summed E-state index contributed by atoms with van der Waals surface area (Å²) >= 11 is 0. The van der Waals surface area contributed by atoms with Gasteiger partial charge in [0.2, 0.25) is 5.91 Å². The number of hydrazine groups is 1. The Hall–Kier alpha value is -4.81. The molecular formula is C31H31N5O4. The van der Waals surface area contributed by atoms with Crippen molar-refractivity contribution < 1.29 is 19.5 Å². The summed E-state index contributed by atoms with van der Waals surface area (Å²) in [4.78, 5) is 47.0. The normalized spacial score (nSPS) is 16.6. The van der Waals surface area contributed by atoms with E-state index in [9.17, 15) is 24.8 Å². The van der Waals surface area contributed by atoms with Gasteiger partial charge in [0.25, 0.3) is 11.8 Å². The van der Waals surface area contributed by atoms with Crippen molar-refractivity contribution in [3.05, 3.63) is 108 Å². The largest absolute Gasteiger partial charge is 0.376 e. The highest BCUT2D eigenvalue weighted by Gasteiger charge is 2.46. The van der Waals surface area contributed by atoms with Crippen LogP contribution in [0.15, 0.2) is 91.3 Å². The zero-order valence-corrected chi connectivity index (χ0v) is 22.6. The molecule has 0 saturated heterocycles. The van der Waals surface area contributed by atoms with Crippen molar-refractivity contribution in [1.29, 1.82) is 5.26 Å². The lowest BCUT2D eigenvalue weighted by atomic mass is 9.96. The number of rotatable bonds is 8. The topological polar surface area (TPSA) is 118 Å². The molecule has 1 aliphatic rings. The molecule has 3 aromatic rings. The Bertz CT molecular complexity index is 1420. The molecule has 2 unspecified atom stereocenters. The van der Waals surface area contributed by atoms with Gasteiger partial charge in [-0.15, -0.1) is 0 Å². The van der Waals surface area contributed by atoms with Crippen LogP contribution in [0.3, 0.4) is 0 Å². The minimum atomic E-state index is -1.60. The van der Waals surface area contributed by atoms with Crippen molar-refractivity contribution in [2.45, 2.75) is 45.4 Å². The second-order valence-corrected chi connectivity index (χ2v) is 9.84. The van der Waals surface area contributed by atoms with Crippen molar-refractivity contribution in [2.75, 3.05) is 0 Å². The molecule has 0 saturated carbocycles. The van der Waals surface area contributed by atoms with Gasteiger partial charge in [0.1, 0.15) is 11.7 Å². The van der Waals surface area contributed by atoms with Crippen LogP contribution in [0, 0.1) is 17.2 Å².